The molecule has 2 aromatic rings. The number of nitrogen functional groups attached to an aromatic ring is 1. The molecule has 1 aliphatic carbocycles. The van der Waals surface area contributed by atoms with Crippen molar-refractivity contribution in [3.8, 4) is 0 Å². The summed E-state index contributed by atoms with van der Waals surface area (Å²) in [4.78, 5) is 29.4. The summed E-state index contributed by atoms with van der Waals surface area (Å²) in [5.41, 5.74) is 8.59. The first-order valence-corrected chi connectivity index (χ1v) is 7.68. The van der Waals surface area contributed by atoms with Crippen molar-refractivity contribution in [3.05, 3.63) is 46.0 Å². The van der Waals surface area contributed by atoms with Crippen LogP contribution in [-0.4, -0.2) is 23.6 Å². The molecule has 3 N–H and O–H groups in total. The molecule has 3 rings (SSSR count). The maximum Gasteiger partial charge on any atom is 0.180 e. The number of rotatable bonds is 4. The monoisotopic (exact) mass is 313 g/mol. The van der Waals surface area contributed by atoms with E-state index in [-0.39, 0.29) is 30.0 Å². The average molecular weight is 313 g/mol. The van der Waals surface area contributed by atoms with E-state index in [0.717, 1.165) is 21.7 Å². The number of anilines is 2. The molecule has 1 heterocycles. The number of nitrogens with two attached hydrogens (primary N) is 1. The number of hydrogen-bond acceptors (Lipinski definition) is 6. The largest absolute Gasteiger partial charge is 0.388 e. The number of carbonyl (C=O) groups is 2. The summed E-state index contributed by atoms with van der Waals surface area (Å²) in [5.74, 6) is -0.327. The van der Waals surface area contributed by atoms with E-state index in [1.807, 2.05) is 25.2 Å². The van der Waals surface area contributed by atoms with Gasteiger partial charge in [-0.1, -0.05) is 12.1 Å². The Bertz CT molecular complexity index is 792. The highest BCUT2D eigenvalue weighted by Gasteiger charge is 2.25. The Morgan fingerprint density at radius 1 is 1.45 bits per heavy atom. The number of aromatic nitrogens is 1. The second-order valence-corrected chi connectivity index (χ2v) is 6.19. The molecule has 0 aliphatic heterocycles. The Hall–Kier alpha value is -2.47. The number of Topliss-reactive ketones (excluding diaryl/α,β-unsaturated/α-hetero) is 2. The van der Waals surface area contributed by atoms with Gasteiger partial charge in [-0.05, 0) is 23.3 Å². The quantitative estimate of drug-likeness (QED) is 0.844. The lowest BCUT2D eigenvalue weighted by Gasteiger charge is -2.18. The minimum Gasteiger partial charge on any atom is -0.388 e. The van der Waals surface area contributed by atoms with Gasteiger partial charge in [-0.25, -0.2) is 4.98 Å². The standard InChI is InChI=1S/C16H15N3O2S/c1-18-13-4-2-3-9-5-12(15(21)7-11(9)13)14(20)6-10-8-19-16(17)22-10/h2-5,8,18H,6-7H2,1H3,(H2,17,19). The van der Waals surface area contributed by atoms with Crippen molar-refractivity contribution in [2.45, 2.75) is 12.8 Å². The Labute approximate surface area is 131 Å². The normalized spacial score (nSPS) is 13.5. The number of ketones is 2. The fraction of sp³-hybridized carbons (Fsp3) is 0.188. The van der Waals surface area contributed by atoms with Crippen molar-refractivity contribution in [2.24, 2.45) is 0 Å². The second kappa shape index (κ2) is 5.73. The van der Waals surface area contributed by atoms with Gasteiger partial charge in [0.1, 0.15) is 0 Å². The summed E-state index contributed by atoms with van der Waals surface area (Å²) in [7, 11) is 1.82. The number of benzene rings is 1. The molecule has 0 radical (unpaired) electrons. The number of nitrogens with zero attached hydrogens (tertiary/aromatic N) is 1. The Balaban J connectivity index is 1.91. The molecular formula is C16H15N3O2S. The molecular weight excluding hydrogens is 298 g/mol. The topological polar surface area (TPSA) is 85.1 Å². The van der Waals surface area contributed by atoms with Crippen LogP contribution in [0.4, 0.5) is 10.8 Å². The molecule has 112 valence electrons. The minimum atomic E-state index is -0.186. The molecule has 1 aromatic heterocycles. The first kappa shape index (κ1) is 14.5. The summed E-state index contributed by atoms with van der Waals surface area (Å²) in [5, 5.41) is 3.50. The molecule has 0 amide bonds. The molecule has 1 aromatic carbocycles. The highest BCUT2D eigenvalue weighted by atomic mass is 32.1. The molecule has 1 aliphatic rings. The zero-order valence-electron chi connectivity index (χ0n) is 12.1. The first-order valence-electron chi connectivity index (χ1n) is 6.86. The van der Waals surface area contributed by atoms with E-state index >= 15 is 0 Å². The molecule has 0 saturated carbocycles. The van der Waals surface area contributed by atoms with Crippen LogP contribution in [0.15, 0.2) is 30.0 Å². The van der Waals surface area contributed by atoms with Crippen molar-refractivity contribution in [1.82, 2.24) is 4.98 Å². The van der Waals surface area contributed by atoms with Crippen LogP contribution in [0.5, 0.6) is 0 Å². The maximum atomic E-state index is 12.4. The van der Waals surface area contributed by atoms with Crippen molar-refractivity contribution in [2.75, 3.05) is 18.1 Å². The van der Waals surface area contributed by atoms with Gasteiger partial charge in [0, 0.05) is 36.7 Å². The molecule has 0 fully saturated rings. The van der Waals surface area contributed by atoms with Crippen molar-refractivity contribution in [1.29, 1.82) is 0 Å². The van der Waals surface area contributed by atoms with Crippen molar-refractivity contribution >= 4 is 39.8 Å². The number of fused-ring (bicyclic) bond motifs is 1. The summed E-state index contributed by atoms with van der Waals surface area (Å²) in [6, 6.07) is 5.75. The van der Waals surface area contributed by atoms with Crippen LogP contribution in [0.2, 0.25) is 0 Å². The van der Waals surface area contributed by atoms with E-state index in [1.54, 1.807) is 12.3 Å². The van der Waals surface area contributed by atoms with E-state index < -0.39 is 0 Å². The molecule has 0 unspecified atom stereocenters. The van der Waals surface area contributed by atoms with Gasteiger partial charge in [0.25, 0.3) is 0 Å². The maximum absolute atomic E-state index is 12.4. The van der Waals surface area contributed by atoms with Gasteiger partial charge < -0.3 is 11.1 Å². The Morgan fingerprint density at radius 2 is 2.27 bits per heavy atom. The van der Waals surface area contributed by atoms with Gasteiger partial charge in [-0.15, -0.1) is 11.3 Å². The number of hydrogen-bond donors (Lipinski definition) is 2. The second-order valence-electron chi connectivity index (χ2n) is 5.05. The van der Waals surface area contributed by atoms with Gasteiger partial charge in [-0.2, -0.15) is 0 Å². The van der Waals surface area contributed by atoms with Gasteiger partial charge in [0.05, 0.1) is 5.57 Å². The highest BCUT2D eigenvalue weighted by molar-refractivity contribution is 7.15. The minimum absolute atomic E-state index is 0.141. The molecule has 22 heavy (non-hydrogen) atoms. The molecule has 6 heteroatoms. The molecule has 0 atom stereocenters. The first-order chi connectivity index (χ1) is 10.6. The van der Waals surface area contributed by atoms with Crippen molar-refractivity contribution in [3.63, 3.8) is 0 Å². The highest BCUT2D eigenvalue weighted by Crippen LogP contribution is 2.29. The van der Waals surface area contributed by atoms with Crippen LogP contribution in [0.25, 0.3) is 6.08 Å². The fourth-order valence-corrected chi connectivity index (χ4v) is 3.24. The number of thiazole rings is 1. The van der Waals surface area contributed by atoms with Crippen LogP contribution in [0.1, 0.15) is 16.0 Å². The van der Waals surface area contributed by atoms with Crippen LogP contribution in [0, 0.1) is 0 Å². The SMILES string of the molecule is CNc1cccc2c1CC(=O)C(C(=O)Cc1cnc(N)s1)=C2. The Kier molecular flexibility index (Phi) is 3.77. The fourth-order valence-electron chi connectivity index (χ4n) is 2.56. The van der Waals surface area contributed by atoms with E-state index in [4.69, 9.17) is 5.73 Å². The van der Waals surface area contributed by atoms with Crippen LogP contribution >= 0.6 is 11.3 Å². The lowest BCUT2D eigenvalue weighted by Crippen LogP contribution is -2.21. The zero-order valence-corrected chi connectivity index (χ0v) is 12.9. The third-order valence-corrected chi connectivity index (χ3v) is 4.45. The summed E-state index contributed by atoms with van der Waals surface area (Å²) < 4.78 is 0. The molecule has 5 nitrogen and oxygen atoms in total. The van der Waals surface area contributed by atoms with Crippen LogP contribution in [0.3, 0.4) is 0 Å². The third-order valence-electron chi connectivity index (χ3n) is 3.63. The number of nitrogens with one attached hydrogen (secondary N) is 1. The van der Waals surface area contributed by atoms with Crippen molar-refractivity contribution < 1.29 is 9.59 Å². The summed E-state index contributed by atoms with van der Waals surface area (Å²) in [6.07, 6.45) is 3.68. The lowest BCUT2D eigenvalue weighted by molar-refractivity contribution is -0.120. The lowest BCUT2D eigenvalue weighted by atomic mass is 9.87. The van der Waals surface area contributed by atoms with Gasteiger partial charge in [0.15, 0.2) is 16.7 Å². The summed E-state index contributed by atoms with van der Waals surface area (Å²) in [6.45, 7) is 0. The van der Waals surface area contributed by atoms with Crippen LogP contribution in [-0.2, 0) is 22.4 Å². The van der Waals surface area contributed by atoms with Gasteiger partial charge in [-0.3, -0.25) is 9.59 Å². The van der Waals surface area contributed by atoms with E-state index in [1.165, 1.54) is 11.3 Å². The number of carbonyl (C=O) groups excluding carboxylic acids is 2. The third kappa shape index (κ3) is 2.65. The predicted molar refractivity (Wildman–Crippen MR) is 87.9 cm³/mol. The molecule has 0 bridgehead atoms. The van der Waals surface area contributed by atoms with Crippen LogP contribution < -0.4 is 11.1 Å². The smallest absolute Gasteiger partial charge is 0.180 e. The Morgan fingerprint density at radius 3 is 2.95 bits per heavy atom. The van der Waals surface area contributed by atoms with E-state index in [9.17, 15) is 9.59 Å². The number of allylic oxidation sites excluding steroid dienone is 1. The van der Waals surface area contributed by atoms with E-state index in [2.05, 4.69) is 10.3 Å². The molecule has 0 spiro atoms. The molecule has 0 saturated heterocycles. The summed E-state index contributed by atoms with van der Waals surface area (Å²) >= 11 is 1.27. The predicted octanol–water partition coefficient (Wildman–Crippen LogP) is 2.09. The average Bonchev–Trinajstić information content (AvgIpc) is 2.91. The van der Waals surface area contributed by atoms with E-state index in [0.29, 0.717) is 5.13 Å². The zero-order chi connectivity index (χ0) is 15.7. The van der Waals surface area contributed by atoms with Gasteiger partial charge in [0.2, 0.25) is 0 Å². The van der Waals surface area contributed by atoms with Gasteiger partial charge >= 0.3 is 0 Å².